The first kappa shape index (κ1) is 24.2. The van der Waals surface area contributed by atoms with Gasteiger partial charge in [0.15, 0.2) is 5.78 Å². The Hall–Kier alpha value is -3.95. The van der Waals surface area contributed by atoms with Gasteiger partial charge in [-0.15, -0.1) is 0 Å². The Morgan fingerprint density at radius 2 is 1.03 bits per heavy atom. The van der Waals surface area contributed by atoms with Crippen molar-refractivity contribution in [2.45, 2.75) is 32.0 Å². The molecule has 0 bridgehead atoms. The lowest BCUT2D eigenvalue weighted by atomic mass is 9.97. The molecule has 4 rings (SSSR count). The summed E-state index contributed by atoms with van der Waals surface area (Å²) in [7, 11) is 0. The van der Waals surface area contributed by atoms with Crippen molar-refractivity contribution in [3.05, 3.63) is 155 Å². The molecule has 1 atom stereocenters. The fourth-order valence-corrected chi connectivity index (χ4v) is 4.32. The first-order valence-corrected chi connectivity index (χ1v) is 12.1. The van der Waals surface area contributed by atoms with Crippen LogP contribution in [0, 0.1) is 0 Å². The molecule has 0 aliphatic carbocycles. The number of carbonyl (C=O) groups excluding carboxylic acids is 1. The molecule has 2 N–H and O–H groups in total. The summed E-state index contributed by atoms with van der Waals surface area (Å²) >= 11 is 0. The molecule has 0 saturated heterocycles. The zero-order valence-electron chi connectivity index (χ0n) is 20.0. The van der Waals surface area contributed by atoms with Crippen molar-refractivity contribution in [1.29, 1.82) is 0 Å². The minimum absolute atomic E-state index is 0.0362. The van der Waals surface area contributed by atoms with Crippen LogP contribution >= 0.6 is 0 Å². The summed E-state index contributed by atoms with van der Waals surface area (Å²) in [6.07, 6.45) is 2.82. The Kier molecular flexibility index (Phi) is 8.63. The van der Waals surface area contributed by atoms with Crippen LogP contribution in [-0.4, -0.2) is 16.7 Å². The second-order valence-corrected chi connectivity index (χ2v) is 8.87. The van der Waals surface area contributed by atoms with Crippen LogP contribution in [0.15, 0.2) is 133 Å². The van der Waals surface area contributed by atoms with Crippen molar-refractivity contribution in [3.63, 3.8) is 0 Å². The Bertz CT molecular complexity index is 1160. The van der Waals surface area contributed by atoms with Gasteiger partial charge in [0.05, 0.1) is 6.04 Å². The summed E-state index contributed by atoms with van der Waals surface area (Å²) in [4.78, 5) is 16.0. The summed E-state index contributed by atoms with van der Waals surface area (Å²) in [6, 6.07) is 40.6. The highest BCUT2D eigenvalue weighted by Crippen LogP contribution is 2.19. The summed E-state index contributed by atoms with van der Waals surface area (Å²) < 4.78 is 0. The topological polar surface area (TPSA) is 46.3 Å². The van der Waals surface area contributed by atoms with Gasteiger partial charge in [-0.25, -0.2) is 0 Å². The molecule has 176 valence electrons. The van der Waals surface area contributed by atoms with Gasteiger partial charge in [0.25, 0.3) is 0 Å². The standard InChI is InChI=1S/C32H32N2O/c33-30(21-26-13-5-1-6-14-26)23-32(35)31(22-27-15-7-2-8-16-27)34(24-28-17-9-3-10-18-28)25-29-19-11-4-12-20-29/h1-20,23,31H,21-22,24-25,33H2/b30-23-/t31-/m0/s1. The number of benzene rings is 4. The molecule has 0 saturated carbocycles. The van der Waals surface area contributed by atoms with Gasteiger partial charge < -0.3 is 5.73 Å². The van der Waals surface area contributed by atoms with E-state index in [1.165, 1.54) is 11.1 Å². The summed E-state index contributed by atoms with van der Waals surface area (Å²) in [5.74, 6) is 0.0362. The number of nitrogens with two attached hydrogens (primary N) is 1. The summed E-state index contributed by atoms with van der Waals surface area (Å²) in [6.45, 7) is 1.34. The fourth-order valence-electron chi connectivity index (χ4n) is 4.32. The Morgan fingerprint density at radius 1 is 0.629 bits per heavy atom. The molecule has 0 aromatic heterocycles. The van der Waals surface area contributed by atoms with Crippen molar-refractivity contribution in [2.24, 2.45) is 5.73 Å². The second-order valence-electron chi connectivity index (χ2n) is 8.87. The quantitative estimate of drug-likeness (QED) is 0.281. The molecule has 0 unspecified atom stereocenters. The van der Waals surface area contributed by atoms with Crippen molar-refractivity contribution in [1.82, 2.24) is 4.90 Å². The van der Waals surface area contributed by atoms with Crippen molar-refractivity contribution < 1.29 is 4.79 Å². The highest BCUT2D eigenvalue weighted by Gasteiger charge is 2.26. The largest absolute Gasteiger partial charge is 0.402 e. The zero-order valence-corrected chi connectivity index (χ0v) is 20.0. The second kappa shape index (κ2) is 12.5. The minimum Gasteiger partial charge on any atom is -0.402 e. The van der Waals surface area contributed by atoms with E-state index < -0.39 is 0 Å². The molecule has 35 heavy (non-hydrogen) atoms. The maximum atomic E-state index is 13.8. The van der Waals surface area contributed by atoms with E-state index in [1.807, 2.05) is 84.9 Å². The van der Waals surface area contributed by atoms with Gasteiger partial charge in [0.2, 0.25) is 0 Å². The van der Waals surface area contributed by atoms with Crippen LogP contribution in [0.3, 0.4) is 0 Å². The lowest BCUT2D eigenvalue weighted by Crippen LogP contribution is -2.41. The van der Waals surface area contributed by atoms with Crippen LogP contribution in [0.1, 0.15) is 22.3 Å². The number of carbonyl (C=O) groups is 1. The molecule has 4 aromatic carbocycles. The molecule has 0 amide bonds. The van der Waals surface area contributed by atoms with Crippen molar-refractivity contribution in [3.8, 4) is 0 Å². The maximum absolute atomic E-state index is 13.8. The van der Waals surface area contributed by atoms with Gasteiger partial charge in [0.1, 0.15) is 0 Å². The molecule has 0 fully saturated rings. The lowest BCUT2D eigenvalue weighted by Gasteiger charge is -2.31. The SMILES string of the molecule is N/C(=C\C(=O)[C@H](Cc1ccccc1)N(Cc1ccccc1)Cc1ccccc1)Cc1ccccc1. The Morgan fingerprint density at radius 3 is 1.49 bits per heavy atom. The Labute approximate surface area is 208 Å². The number of allylic oxidation sites excluding steroid dienone is 1. The number of hydrogen-bond donors (Lipinski definition) is 1. The zero-order chi connectivity index (χ0) is 24.3. The number of hydrogen-bond acceptors (Lipinski definition) is 3. The molecular weight excluding hydrogens is 428 g/mol. The predicted octanol–water partition coefficient (Wildman–Crippen LogP) is 5.95. The molecule has 0 aliphatic heterocycles. The molecule has 0 radical (unpaired) electrons. The monoisotopic (exact) mass is 460 g/mol. The average Bonchev–Trinajstić information content (AvgIpc) is 2.89. The van der Waals surface area contributed by atoms with Crippen molar-refractivity contribution >= 4 is 5.78 Å². The third-order valence-corrected chi connectivity index (χ3v) is 6.08. The molecular formula is C32H32N2O. The smallest absolute Gasteiger partial charge is 0.174 e. The maximum Gasteiger partial charge on any atom is 0.174 e. The van der Waals surface area contributed by atoms with Gasteiger partial charge in [-0.2, -0.15) is 0 Å². The number of ketones is 1. The van der Waals surface area contributed by atoms with Gasteiger partial charge in [0, 0.05) is 31.3 Å². The van der Waals surface area contributed by atoms with E-state index in [4.69, 9.17) is 5.73 Å². The molecule has 3 nitrogen and oxygen atoms in total. The first-order chi connectivity index (χ1) is 17.2. The van der Waals surface area contributed by atoms with Crippen LogP contribution in [0.2, 0.25) is 0 Å². The molecule has 4 aromatic rings. The van der Waals surface area contributed by atoms with Crippen LogP contribution < -0.4 is 5.73 Å². The predicted molar refractivity (Wildman–Crippen MR) is 143 cm³/mol. The highest BCUT2D eigenvalue weighted by atomic mass is 16.1. The van der Waals surface area contributed by atoms with Gasteiger partial charge in [-0.1, -0.05) is 121 Å². The van der Waals surface area contributed by atoms with E-state index >= 15 is 0 Å². The molecule has 0 aliphatic rings. The molecule has 0 heterocycles. The number of nitrogens with zero attached hydrogens (tertiary/aromatic N) is 1. The van der Waals surface area contributed by atoms with E-state index in [-0.39, 0.29) is 11.8 Å². The fraction of sp³-hybridized carbons (Fsp3) is 0.156. The van der Waals surface area contributed by atoms with E-state index in [0.29, 0.717) is 31.6 Å². The lowest BCUT2D eigenvalue weighted by molar-refractivity contribution is -0.120. The number of rotatable bonds is 11. The average molecular weight is 461 g/mol. The first-order valence-electron chi connectivity index (χ1n) is 12.1. The normalized spacial score (nSPS) is 12.4. The van der Waals surface area contributed by atoms with E-state index in [1.54, 1.807) is 6.08 Å². The van der Waals surface area contributed by atoms with E-state index in [2.05, 4.69) is 41.3 Å². The summed E-state index contributed by atoms with van der Waals surface area (Å²) in [5.41, 5.74) is 11.5. The third kappa shape index (κ3) is 7.53. The van der Waals surface area contributed by atoms with Gasteiger partial charge in [-0.3, -0.25) is 9.69 Å². The third-order valence-electron chi connectivity index (χ3n) is 6.08. The van der Waals surface area contributed by atoms with Crippen LogP contribution in [-0.2, 0) is 30.7 Å². The molecule has 0 spiro atoms. The van der Waals surface area contributed by atoms with E-state index in [0.717, 1.165) is 11.1 Å². The highest BCUT2D eigenvalue weighted by molar-refractivity contribution is 5.95. The van der Waals surface area contributed by atoms with Crippen LogP contribution in [0.4, 0.5) is 0 Å². The van der Waals surface area contributed by atoms with Crippen molar-refractivity contribution in [2.75, 3.05) is 0 Å². The van der Waals surface area contributed by atoms with Crippen LogP contribution in [0.5, 0.6) is 0 Å². The molecule has 3 heteroatoms. The van der Waals surface area contributed by atoms with Gasteiger partial charge >= 0.3 is 0 Å². The summed E-state index contributed by atoms with van der Waals surface area (Å²) in [5, 5.41) is 0. The van der Waals surface area contributed by atoms with Crippen LogP contribution in [0.25, 0.3) is 0 Å². The minimum atomic E-state index is -0.341. The Balaban J connectivity index is 1.65. The van der Waals surface area contributed by atoms with Gasteiger partial charge in [-0.05, 0) is 28.7 Å². The van der Waals surface area contributed by atoms with E-state index in [9.17, 15) is 4.79 Å².